The molecule has 1 aromatic heterocycles. The van der Waals surface area contributed by atoms with Gasteiger partial charge >= 0.3 is 6.18 Å². The number of aromatic nitrogens is 2. The average Bonchev–Trinajstić information content (AvgIpc) is 3.17. The molecule has 3 rings (SSSR count). The first-order valence-electron chi connectivity index (χ1n) is 12.2. The molecule has 2 aromatic rings. The summed E-state index contributed by atoms with van der Waals surface area (Å²) in [7, 11) is -1.64. The first-order chi connectivity index (χ1) is 17.3. The van der Waals surface area contributed by atoms with E-state index >= 15 is 0 Å². The number of rotatable bonds is 9. The molecule has 1 atom stereocenters. The number of aryl methyl sites for hydroxylation is 1. The van der Waals surface area contributed by atoms with Crippen LogP contribution in [0.5, 0.6) is 5.75 Å². The van der Waals surface area contributed by atoms with E-state index in [1.807, 2.05) is 6.92 Å². The number of hydrogen-bond donors (Lipinski definition) is 1. The second-order valence-corrected chi connectivity index (χ2v) is 12.4. The van der Waals surface area contributed by atoms with Crippen LogP contribution in [0.2, 0.25) is 5.02 Å². The number of alkyl halides is 3. The van der Waals surface area contributed by atoms with Crippen LogP contribution in [0.25, 0.3) is 11.3 Å². The van der Waals surface area contributed by atoms with Gasteiger partial charge in [0.2, 0.25) is 0 Å². The van der Waals surface area contributed by atoms with Gasteiger partial charge in [-0.15, -0.1) is 0 Å². The van der Waals surface area contributed by atoms with Crippen molar-refractivity contribution in [1.29, 1.82) is 0 Å². The second kappa shape index (κ2) is 11.6. The van der Waals surface area contributed by atoms with Gasteiger partial charge in [0.25, 0.3) is 5.91 Å². The smallest absolute Gasteiger partial charge is 0.391 e. The Morgan fingerprint density at radius 1 is 1.27 bits per heavy atom. The van der Waals surface area contributed by atoms with E-state index in [0.717, 1.165) is 6.92 Å². The number of benzene rings is 1. The van der Waals surface area contributed by atoms with Crippen LogP contribution < -0.4 is 10.1 Å². The van der Waals surface area contributed by atoms with E-state index < -0.39 is 27.8 Å². The molecule has 0 saturated heterocycles. The maximum atomic E-state index is 13.0. The number of halogens is 4. The Balaban J connectivity index is 1.78. The fraction of sp³-hybridized carbons (Fsp3) is 0.600. The van der Waals surface area contributed by atoms with Crippen LogP contribution in [0.1, 0.15) is 55.6 Å². The minimum absolute atomic E-state index is 0.0418. The van der Waals surface area contributed by atoms with Gasteiger partial charge in [-0.1, -0.05) is 24.6 Å². The minimum atomic E-state index is -4.30. The molecule has 1 heterocycles. The van der Waals surface area contributed by atoms with Gasteiger partial charge in [0, 0.05) is 24.9 Å². The third-order valence-corrected chi connectivity index (χ3v) is 9.02. The molecule has 0 spiro atoms. The Bertz CT molecular complexity index is 1220. The van der Waals surface area contributed by atoms with Crippen molar-refractivity contribution in [3.05, 3.63) is 34.5 Å². The number of nitrogens with one attached hydrogen (secondary N) is 1. The SMILES string of the molecule is CCn1nc(C(=O)NCC2CCC(S(C)(=O)=O)CC2)c(Cl)c1-c1ccc(C[C@H](C)C(F)(F)F)cc1OC. The van der Waals surface area contributed by atoms with Gasteiger partial charge in [0.05, 0.1) is 29.0 Å². The fourth-order valence-corrected chi connectivity index (χ4v) is 6.14. The lowest BCUT2D eigenvalue weighted by atomic mass is 9.89. The van der Waals surface area contributed by atoms with Crippen molar-refractivity contribution >= 4 is 27.3 Å². The molecule has 1 amide bonds. The summed E-state index contributed by atoms with van der Waals surface area (Å²) in [5, 5.41) is 7.04. The van der Waals surface area contributed by atoms with E-state index in [9.17, 15) is 26.4 Å². The average molecular weight is 564 g/mol. The monoisotopic (exact) mass is 563 g/mol. The summed E-state index contributed by atoms with van der Waals surface area (Å²) in [6.07, 6.45) is -0.673. The Kier molecular flexibility index (Phi) is 9.21. The highest BCUT2D eigenvalue weighted by molar-refractivity contribution is 7.91. The first-order valence-corrected chi connectivity index (χ1v) is 14.6. The lowest BCUT2D eigenvalue weighted by molar-refractivity contribution is -0.169. The zero-order chi connectivity index (χ0) is 27.5. The normalized spacial score (nSPS) is 19.5. The number of methoxy groups -OCH3 is 1. The fourth-order valence-electron chi connectivity index (χ4n) is 4.68. The van der Waals surface area contributed by atoms with Crippen LogP contribution in [0.4, 0.5) is 13.2 Å². The molecule has 12 heteroatoms. The zero-order valence-corrected chi connectivity index (χ0v) is 22.9. The van der Waals surface area contributed by atoms with Crippen molar-refractivity contribution in [3.63, 3.8) is 0 Å². The molecule has 1 aliphatic rings. The number of nitrogens with zero attached hydrogens (tertiary/aromatic N) is 2. The molecule has 0 unspecified atom stereocenters. The lowest BCUT2D eigenvalue weighted by Crippen LogP contribution is -2.34. The molecule has 7 nitrogen and oxygen atoms in total. The maximum absolute atomic E-state index is 13.0. The molecule has 1 N–H and O–H groups in total. The summed E-state index contributed by atoms with van der Waals surface area (Å²) in [6.45, 7) is 3.75. The van der Waals surface area contributed by atoms with E-state index in [4.69, 9.17) is 16.3 Å². The van der Waals surface area contributed by atoms with E-state index in [1.54, 1.807) is 22.9 Å². The number of carbonyl (C=O) groups is 1. The summed E-state index contributed by atoms with van der Waals surface area (Å²) in [4.78, 5) is 13.0. The Hall–Kier alpha value is -2.27. The van der Waals surface area contributed by atoms with Crippen molar-refractivity contribution in [2.75, 3.05) is 19.9 Å². The first kappa shape index (κ1) is 29.3. The van der Waals surface area contributed by atoms with Crippen LogP contribution in [-0.4, -0.2) is 55.4 Å². The molecule has 1 aromatic carbocycles. The van der Waals surface area contributed by atoms with Crippen LogP contribution in [0.3, 0.4) is 0 Å². The van der Waals surface area contributed by atoms with E-state index in [1.165, 1.54) is 13.4 Å². The van der Waals surface area contributed by atoms with Gasteiger partial charge in [0.1, 0.15) is 15.6 Å². The van der Waals surface area contributed by atoms with E-state index in [0.29, 0.717) is 61.3 Å². The highest BCUT2D eigenvalue weighted by Crippen LogP contribution is 2.38. The maximum Gasteiger partial charge on any atom is 0.391 e. The van der Waals surface area contributed by atoms with Gasteiger partial charge in [-0.25, -0.2) is 8.42 Å². The molecular weight excluding hydrogens is 531 g/mol. The number of sulfone groups is 1. The molecule has 0 radical (unpaired) electrons. The summed E-state index contributed by atoms with van der Waals surface area (Å²) in [5.41, 5.74) is 1.46. The number of hydrogen-bond acceptors (Lipinski definition) is 5. The minimum Gasteiger partial charge on any atom is -0.496 e. The van der Waals surface area contributed by atoms with Crippen molar-refractivity contribution in [2.24, 2.45) is 11.8 Å². The van der Waals surface area contributed by atoms with Gasteiger partial charge in [-0.05, 0) is 62.6 Å². The number of carbonyl (C=O) groups excluding carboxylic acids is 1. The molecular formula is C25H33ClF3N3O4S. The van der Waals surface area contributed by atoms with Gasteiger partial charge < -0.3 is 10.1 Å². The topological polar surface area (TPSA) is 90.3 Å². The zero-order valence-electron chi connectivity index (χ0n) is 21.4. The van der Waals surface area contributed by atoms with Crippen LogP contribution in [0.15, 0.2) is 18.2 Å². The molecule has 37 heavy (non-hydrogen) atoms. The predicted octanol–water partition coefficient (Wildman–Crippen LogP) is 5.31. The molecule has 0 bridgehead atoms. The van der Waals surface area contributed by atoms with Gasteiger partial charge in [0.15, 0.2) is 5.69 Å². The predicted molar refractivity (Wildman–Crippen MR) is 137 cm³/mol. The third kappa shape index (κ3) is 6.98. The van der Waals surface area contributed by atoms with Crippen LogP contribution in [-0.2, 0) is 22.8 Å². The summed E-state index contributed by atoms with van der Waals surface area (Å²) < 4.78 is 69.6. The van der Waals surface area contributed by atoms with Crippen molar-refractivity contribution < 1.29 is 31.1 Å². The number of ether oxygens (including phenoxy) is 1. The van der Waals surface area contributed by atoms with Crippen molar-refractivity contribution in [1.82, 2.24) is 15.1 Å². The van der Waals surface area contributed by atoms with Crippen LogP contribution in [0, 0.1) is 11.8 Å². The molecule has 0 aliphatic heterocycles. The molecule has 1 aliphatic carbocycles. The van der Waals surface area contributed by atoms with Gasteiger partial charge in [-0.3, -0.25) is 9.48 Å². The quantitative estimate of drug-likeness (QED) is 0.447. The van der Waals surface area contributed by atoms with Crippen molar-refractivity contribution in [3.8, 4) is 17.0 Å². The summed E-state index contributed by atoms with van der Waals surface area (Å²) >= 11 is 6.63. The van der Waals surface area contributed by atoms with Gasteiger partial charge in [-0.2, -0.15) is 18.3 Å². The highest BCUT2D eigenvalue weighted by Gasteiger charge is 2.36. The molecule has 206 valence electrons. The second-order valence-electron chi connectivity index (χ2n) is 9.69. The molecule has 1 saturated carbocycles. The highest BCUT2D eigenvalue weighted by atomic mass is 35.5. The molecule has 1 fully saturated rings. The Labute approximate surface area is 220 Å². The van der Waals surface area contributed by atoms with Crippen molar-refractivity contribution in [2.45, 2.75) is 63.9 Å². The third-order valence-electron chi connectivity index (χ3n) is 6.98. The van der Waals surface area contributed by atoms with Crippen LogP contribution >= 0.6 is 11.6 Å². The summed E-state index contributed by atoms with van der Waals surface area (Å²) in [6, 6.07) is 4.78. The Morgan fingerprint density at radius 2 is 1.92 bits per heavy atom. The largest absolute Gasteiger partial charge is 0.496 e. The number of amides is 1. The Morgan fingerprint density at radius 3 is 2.46 bits per heavy atom. The summed E-state index contributed by atoms with van der Waals surface area (Å²) in [5.74, 6) is -1.46. The van der Waals surface area contributed by atoms with E-state index in [-0.39, 0.29) is 28.3 Å². The standard InChI is InChI=1S/C25H33ClF3N3O4S/c1-5-32-23(19-11-8-17(13-20(19)36-3)12-15(2)25(27,28)29)21(26)22(31-32)24(33)30-14-16-6-9-18(10-7-16)37(4,34)35/h8,11,13,15-16,18H,5-7,9-10,12,14H2,1-4H3,(H,30,33)/t15-,16?,18?/m0/s1. The van der Waals surface area contributed by atoms with E-state index in [2.05, 4.69) is 10.4 Å². The lowest BCUT2D eigenvalue weighted by Gasteiger charge is -2.27.